The zero-order chi connectivity index (χ0) is 22.1. The first-order valence-corrected chi connectivity index (χ1v) is 9.88. The van der Waals surface area contributed by atoms with Crippen LogP contribution in [-0.4, -0.2) is 24.0 Å². The molecule has 0 spiro atoms. The van der Waals surface area contributed by atoms with Gasteiger partial charge in [0.25, 0.3) is 5.91 Å². The molecule has 0 bridgehead atoms. The number of carbonyl (C=O) groups is 2. The highest BCUT2D eigenvalue weighted by molar-refractivity contribution is 6.01. The second kappa shape index (κ2) is 8.38. The van der Waals surface area contributed by atoms with E-state index in [9.17, 15) is 18.4 Å². The lowest BCUT2D eigenvalue weighted by Gasteiger charge is -2.28. The summed E-state index contributed by atoms with van der Waals surface area (Å²) in [6, 6.07) is 7.82. The van der Waals surface area contributed by atoms with Crippen LogP contribution < -0.4 is 5.32 Å². The van der Waals surface area contributed by atoms with Gasteiger partial charge in [-0.25, -0.2) is 13.6 Å². The lowest BCUT2D eigenvalue weighted by Crippen LogP contribution is -2.56. The molecule has 0 saturated carbocycles. The summed E-state index contributed by atoms with van der Waals surface area (Å²) in [5.41, 5.74) is 2.18. The summed E-state index contributed by atoms with van der Waals surface area (Å²) in [5.74, 6) is -3.10. The van der Waals surface area contributed by atoms with Crippen LogP contribution in [0.4, 0.5) is 8.78 Å². The third-order valence-electron chi connectivity index (χ3n) is 5.28. The van der Waals surface area contributed by atoms with E-state index in [0.717, 1.165) is 22.8 Å². The number of allylic oxidation sites excluding steroid dienone is 1. The molecule has 1 N–H and O–H groups in total. The summed E-state index contributed by atoms with van der Waals surface area (Å²) in [4.78, 5) is 26.1. The van der Waals surface area contributed by atoms with Crippen LogP contribution in [-0.2, 0) is 22.4 Å². The van der Waals surface area contributed by atoms with Gasteiger partial charge in [-0.2, -0.15) is 0 Å². The van der Waals surface area contributed by atoms with Gasteiger partial charge in [-0.3, -0.25) is 4.79 Å². The minimum absolute atomic E-state index is 0.0356. The predicted molar refractivity (Wildman–Crippen MR) is 111 cm³/mol. The fourth-order valence-electron chi connectivity index (χ4n) is 3.88. The summed E-state index contributed by atoms with van der Waals surface area (Å²) in [6.45, 7) is 7.52. The molecular formula is C24H25F2NO3. The molecule has 0 fully saturated rings. The summed E-state index contributed by atoms with van der Waals surface area (Å²) in [6.07, 6.45) is 1.77. The molecule has 0 saturated heterocycles. The molecule has 0 aromatic heterocycles. The zero-order valence-electron chi connectivity index (χ0n) is 17.6. The first-order valence-electron chi connectivity index (χ1n) is 9.88. The summed E-state index contributed by atoms with van der Waals surface area (Å²) in [5, 5.41) is 2.80. The van der Waals surface area contributed by atoms with Crippen LogP contribution in [0.25, 0.3) is 6.08 Å². The number of ether oxygens (including phenoxy) is 1. The molecule has 6 heteroatoms. The smallest absolute Gasteiger partial charge is 0.332 e. The molecule has 1 amide bonds. The fourth-order valence-corrected chi connectivity index (χ4v) is 3.88. The van der Waals surface area contributed by atoms with Crippen LogP contribution in [0, 0.1) is 18.6 Å². The van der Waals surface area contributed by atoms with Crippen molar-refractivity contribution in [3.8, 4) is 0 Å². The fraction of sp³-hybridized carbons (Fsp3) is 0.333. The van der Waals surface area contributed by atoms with Gasteiger partial charge in [0.15, 0.2) is 11.6 Å². The van der Waals surface area contributed by atoms with Crippen molar-refractivity contribution in [3.63, 3.8) is 0 Å². The first kappa shape index (κ1) is 21.7. The number of halogens is 2. The van der Waals surface area contributed by atoms with Crippen molar-refractivity contribution in [2.75, 3.05) is 6.61 Å². The van der Waals surface area contributed by atoms with Crippen LogP contribution in [0.5, 0.6) is 0 Å². The molecule has 4 nitrogen and oxygen atoms in total. The molecule has 0 heterocycles. The molecule has 3 rings (SSSR count). The molecule has 1 unspecified atom stereocenters. The molecule has 1 atom stereocenters. The number of rotatable bonds is 5. The van der Waals surface area contributed by atoms with Crippen LogP contribution >= 0.6 is 0 Å². The van der Waals surface area contributed by atoms with Crippen molar-refractivity contribution >= 4 is 18.0 Å². The molecule has 0 aliphatic heterocycles. The van der Waals surface area contributed by atoms with Crippen molar-refractivity contribution in [2.45, 2.75) is 46.1 Å². The Bertz CT molecular complexity index is 1040. The molecule has 30 heavy (non-hydrogen) atoms. The molecule has 0 radical (unpaired) electrons. The van der Waals surface area contributed by atoms with Gasteiger partial charge in [-0.05, 0) is 62.1 Å². The normalized spacial score (nSPS) is 17.3. The second-order valence-corrected chi connectivity index (χ2v) is 7.87. The Morgan fingerprint density at radius 1 is 1.17 bits per heavy atom. The number of nitrogens with one attached hydrogen (secondary N) is 1. The Hall–Kier alpha value is -3.02. The summed E-state index contributed by atoms with van der Waals surface area (Å²) < 4.78 is 33.3. The molecule has 1 aliphatic carbocycles. The Labute approximate surface area is 174 Å². The van der Waals surface area contributed by atoms with E-state index in [1.165, 1.54) is 6.07 Å². The largest absolute Gasteiger partial charge is 0.464 e. The Morgan fingerprint density at radius 2 is 1.90 bits per heavy atom. The number of esters is 1. The van der Waals surface area contributed by atoms with Crippen LogP contribution in [0.15, 0.2) is 35.9 Å². The lowest BCUT2D eigenvalue weighted by molar-refractivity contribution is -0.150. The number of carbonyl (C=O) groups excluding carboxylic acids is 2. The van der Waals surface area contributed by atoms with Crippen LogP contribution in [0.1, 0.15) is 53.4 Å². The second-order valence-electron chi connectivity index (χ2n) is 7.87. The van der Waals surface area contributed by atoms with Crippen molar-refractivity contribution in [2.24, 2.45) is 0 Å². The highest BCUT2D eigenvalue weighted by Crippen LogP contribution is 2.34. The van der Waals surface area contributed by atoms with E-state index < -0.39 is 29.0 Å². The number of fused-ring (bicyclic) bond motifs is 1. The summed E-state index contributed by atoms with van der Waals surface area (Å²) >= 11 is 0. The van der Waals surface area contributed by atoms with E-state index in [-0.39, 0.29) is 25.0 Å². The van der Waals surface area contributed by atoms with Crippen molar-refractivity contribution < 1.29 is 23.1 Å². The minimum Gasteiger partial charge on any atom is -0.464 e. The summed E-state index contributed by atoms with van der Waals surface area (Å²) in [7, 11) is 0. The van der Waals surface area contributed by atoms with Gasteiger partial charge in [0.2, 0.25) is 0 Å². The van der Waals surface area contributed by atoms with Gasteiger partial charge in [-0.15, -0.1) is 0 Å². The molecule has 158 valence electrons. The Balaban J connectivity index is 2.02. The van der Waals surface area contributed by atoms with Gasteiger partial charge in [0, 0.05) is 18.4 Å². The van der Waals surface area contributed by atoms with E-state index in [1.807, 2.05) is 32.9 Å². The maximum atomic E-state index is 14.4. The third kappa shape index (κ3) is 3.99. The Kier molecular flexibility index (Phi) is 6.06. The van der Waals surface area contributed by atoms with Crippen LogP contribution in [0.2, 0.25) is 0 Å². The average Bonchev–Trinajstić information content (AvgIpc) is 3.06. The van der Waals surface area contributed by atoms with E-state index in [1.54, 1.807) is 19.1 Å². The monoisotopic (exact) mass is 413 g/mol. The number of amides is 1. The lowest BCUT2D eigenvalue weighted by atomic mass is 9.93. The van der Waals surface area contributed by atoms with Crippen molar-refractivity contribution in [1.82, 2.24) is 5.32 Å². The highest BCUT2D eigenvalue weighted by Gasteiger charge is 2.48. The van der Waals surface area contributed by atoms with Gasteiger partial charge in [0.05, 0.1) is 6.61 Å². The van der Waals surface area contributed by atoms with E-state index >= 15 is 0 Å². The van der Waals surface area contributed by atoms with E-state index in [0.29, 0.717) is 11.1 Å². The first-order chi connectivity index (χ1) is 14.2. The number of benzene rings is 2. The molecule has 2 aromatic carbocycles. The van der Waals surface area contributed by atoms with Gasteiger partial charge >= 0.3 is 5.97 Å². The van der Waals surface area contributed by atoms with Crippen molar-refractivity contribution in [1.29, 1.82) is 0 Å². The Morgan fingerprint density at radius 3 is 2.57 bits per heavy atom. The SMILES string of the molecule is CCOC(=O)C1(NC(=O)c2cccc(C)c2C=C(C)C)Cc2ccc(F)c(F)c2C1. The molecular weight excluding hydrogens is 388 g/mol. The highest BCUT2D eigenvalue weighted by atomic mass is 19.2. The van der Waals surface area contributed by atoms with Gasteiger partial charge < -0.3 is 10.1 Å². The van der Waals surface area contributed by atoms with E-state index in [2.05, 4.69) is 5.32 Å². The van der Waals surface area contributed by atoms with Gasteiger partial charge in [0.1, 0.15) is 5.54 Å². The third-order valence-corrected chi connectivity index (χ3v) is 5.28. The van der Waals surface area contributed by atoms with Gasteiger partial charge in [-0.1, -0.05) is 29.8 Å². The number of aryl methyl sites for hydroxylation is 1. The quantitative estimate of drug-likeness (QED) is 0.733. The average molecular weight is 413 g/mol. The number of hydrogen-bond acceptors (Lipinski definition) is 3. The zero-order valence-corrected chi connectivity index (χ0v) is 17.6. The minimum atomic E-state index is -1.49. The number of hydrogen-bond donors (Lipinski definition) is 1. The maximum Gasteiger partial charge on any atom is 0.332 e. The predicted octanol–water partition coefficient (Wildman–Crippen LogP) is 4.53. The molecule has 2 aromatic rings. The topological polar surface area (TPSA) is 55.4 Å². The maximum absolute atomic E-state index is 14.4. The molecule has 1 aliphatic rings. The van der Waals surface area contributed by atoms with Crippen molar-refractivity contribution in [3.05, 3.63) is 75.4 Å². The van der Waals surface area contributed by atoms with E-state index in [4.69, 9.17) is 4.74 Å². The van der Waals surface area contributed by atoms with Crippen LogP contribution in [0.3, 0.4) is 0 Å². The standard InChI is InChI=1S/C24H25F2NO3/c1-5-30-23(29)24(12-16-9-10-20(25)21(26)19(16)13-24)27-22(28)17-8-6-7-15(4)18(17)11-14(2)3/h6-11H,5,12-13H2,1-4H3,(H,27,28).